The lowest BCUT2D eigenvalue weighted by Crippen LogP contribution is -2.10. The van der Waals surface area contributed by atoms with E-state index in [0.29, 0.717) is 10.9 Å². The van der Waals surface area contributed by atoms with Gasteiger partial charge in [-0.15, -0.1) is 0 Å². The number of nitrogens with zero attached hydrogens (tertiary/aromatic N) is 3. The molecule has 4 heteroatoms. The van der Waals surface area contributed by atoms with Crippen LogP contribution in [0.25, 0.3) is 10.9 Å². The number of rotatable bonds is 1. The Labute approximate surface area is 99.1 Å². The van der Waals surface area contributed by atoms with Gasteiger partial charge in [0.25, 0.3) is 0 Å². The Balaban J connectivity index is 2.94. The lowest BCUT2D eigenvalue weighted by molar-refractivity contribution is 0.629. The van der Waals surface area contributed by atoms with E-state index in [4.69, 9.17) is 5.26 Å². The highest BCUT2D eigenvalue weighted by Crippen LogP contribution is 2.28. The average molecular weight is 229 g/mol. The van der Waals surface area contributed by atoms with Gasteiger partial charge in [-0.3, -0.25) is 4.98 Å². The zero-order chi connectivity index (χ0) is 12.6. The van der Waals surface area contributed by atoms with Crippen LogP contribution in [0.4, 0.5) is 10.1 Å². The molecule has 0 atom stereocenters. The van der Waals surface area contributed by atoms with Gasteiger partial charge in [-0.25, -0.2) is 4.39 Å². The molecule has 0 saturated heterocycles. The molecule has 0 unspecified atom stereocenters. The third-order valence-corrected chi connectivity index (χ3v) is 2.59. The van der Waals surface area contributed by atoms with Crippen LogP contribution in [0.5, 0.6) is 0 Å². The Bertz CT molecular complexity index is 627. The van der Waals surface area contributed by atoms with Crippen molar-refractivity contribution in [2.75, 3.05) is 19.0 Å². The fraction of sp³-hybridized carbons (Fsp3) is 0.231. The van der Waals surface area contributed by atoms with E-state index < -0.39 is 5.82 Å². The van der Waals surface area contributed by atoms with E-state index in [2.05, 4.69) is 4.98 Å². The van der Waals surface area contributed by atoms with Crippen molar-refractivity contribution in [2.45, 2.75) is 6.92 Å². The number of aromatic nitrogens is 1. The molecule has 0 amide bonds. The number of fused-ring (bicyclic) bond motifs is 1. The van der Waals surface area contributed by atoms with Gasteiger partial charge in [-0.05, 0) is 25.1 Å². The molecule has 1 aromatic carbocycles. The molecular weight excluding hydrogens is 217 g/mol. The summed E-state index contributed by atoms with van der Waals surface area (Å²) in [5.41, 5.74) is 2.50. The van der Waals surface area contributed by atoms with E-state index >= 15 is 0 Å². The predicted octanol–water partition coefficient (Wildman–Crippen LogP) is 2.62. The number of nitriles is 1. The minimum absolute atomic E-state index is 0.270. The second-order valence-corrected chi connectivity index (χ2v) is 4.14. The fourth-order valence-corrected chi connectivity index (χ4v) is 1.85. The number of pyridine rings is 1. The topological polar surface area (TPSA) is 39.9 Å². The predicted molar refractivity (Wildman–Crippen MR) is 65.5 cm³/mol. The van der Waals surface area contributed by atoms with Crippen molar-refractivity contribution >= 4 is 16.6 Å². The van der Waals surface area contributed by atoms with Crippen LogP contribution >= 0.6 is 0 Å². The SMILES string of the molecule is Cc1cc(N(C)C)c2cc(F)cc(C#N)c2n1. The number of anilines is 1. The van der Waals surface area contributed by atoms with Gasteiger partial charge in [0.05, 0.1) is 11.1 Å². The number of halogens is 1. The van der Waals surface area contributed by atoms with E-state index in [9.17, 15) is 4.39 Å². The van der Waals surface area contributed by atoms with E-state index in [1.807, 2.05) is 38.1 Å². The van der Waals surface area contributed by atoms with Crippen LogP contribution < -0.4 is 4.90 Å². The summed E-state index contributed by atoms with van der Waals surface area (Å²) in [7, 11) is 3.76. The standard InChI is InChI=1S/C13H12FN3/c1-8-4-12(17(2)3)11-6-10(14)5-9(7-15)13(11)16-8/h4-6H,1-3H3. The first-order chi connectivity index (χ1) is 8.02. The normalized spacial score (nSPS) is 10.3. The molecule has 0 N–H and O–H groups in total. The second-order valence-electron chi connectivity index (χ2n) is 4.14. The van der Waals surface area contributed by atoms with Gasteiger partial charge in [0.1, 0.15) is 11.9 Å². The second kappa shape index (κ2) is 4.02. The average Bonchev–Trinajstić information content (AvgIpc) is 2.27. The maximum Gasteiger partial charge on any atom is 0.125 e. The summed E-state index contributed by atoms with van der Waals surface area (Å²) in [5, 5.41) is 9.67. The number of hydrogen-bond donors (Lipinski definition) is 0. The summed E-state index contributed by atoms with van der Waals surface area (Å²) in [4.78, 5) is 6.20. The third-order valence-electron chi connectivity index (χ3n) is 2.59. The lowest BCUT2D eigenvalue weighted by Gasteiger charge is -2.16. The van der Waals surface area contributed by atoms with E-state index in [1.165, 1.54) is 12.1 Å². The van der Waals surface area contributed by atoms with Crippen LogP contribution in [-0.2, 0) is 0 Å². The molecule has 1 heterocycles. The summed E-state index contributed by atoms with van der Waals surface area (Å²) in [5.74, 6) is -0.414. The molecule has 2 rings (SSSR count). The molecule has 1 aromatic heterocycles. The Morgan fingerprint density at radius 2 is 2.00 bits per heavy atom. The molecule has 0 aliphatic rings. The third kappa shape index (κ3) is 1.92. The number of aryl methyl sites for hydroxylation is 1. The van der Waals surface area contributed by atoms with Crippen LogP contribution in [-0.4, -0.2) is 19.1 Å². The molecule has 86 valence electrons. The summed E-state index contributed by atoms with van der Waals surface area (Å²) in [6.45, 7) is 1.86. The number of hydrogen-bond acceptors (Lipinski definition) is 3. The molecule has 0 radical (unpaired) electrons. The van der Waals surface area contributed by atoms with Crippen molar-refractivity contribution < 1.29 is 4.39 Å². The van der Waals surface area contributed by atoms with Gasteiger partial charge in [0, 0.05) is 30.9 Å². The molecule has 0 saturated carbocycles. The molecule has 17 heavy (non-hydrogen) atoms. The molecule has 0 fully saturated rings. The zero-order valence-corrected chi connectivity index (χ0v) is 9.95. The van der Waals surface area contributed by atoms with Crippen molar-refractivity contribution in [3.05, 3.63) is 35.3 Å². The first-order valence-corrected chi connectivity index (χ1v) is 5.21. The van der Waals surface area contributed by atoms with Gasteiger partial charge < -0.3 is 4.90 Å². The van der Waals surface area contributed by atoms with Gasteiger partial charge in [0.2, 0.25) is 0 Å². The Hall–Kier alpha value is -2.15. The van der Waals surface area contributed by atoms with Crippen LogP contribution in [0.15, 0.2) is 18.2 Å². The first kappa shape index (κ1) is 11.3. The minimum atomic E-state index is -0.414. The summed E-state index contributed by atoms with van der Waals surface area (Å²) in [6, 6.07) is 6.49. The van der Waals surface area contributed by atoms with Crippen LogP contribution in [0.1, 0.15) is 11.3 Å². The maximum absolute atomic E-state index is 13.4. The maximum atomic E-state index is 13.4. The highest BCUT2D eigenvalue weighted by atomic mass is 19.1. The van der Waals surface area contributed by atoms with Gasteiger partial charge in [-0.1, -0.05) is 0 Å². The van der Waals surface area contributed by atoms with Crippen molar-refractivity contribution in [1.29, 1.82) is 5.26 Å². The summed E-state index contributed by atoms with van der Waals surface area (Å²) in [6.07, 6.45) is 0. The molecule has 0 aliphatic carbocycles. The molecule has 3 nitrogen and oxygen atoms in total. The van der Waals surface area contributed by atoms with E-state index in [1.54, 1.807) is 0 Å². The monoisotopic (exact) mass is 229 g/mol. The quantitative estimate of drug-likeness (QED) is 0.754. The summed E-state index contributed by atoms with van der Waals surface area (Å²) < 4.78 is 13.4. The van der Waals surface area contributed by atoms with Gasteiger partial charge >= 0.3 is 0 Å². The largest absolute Gasteiger partial charge is 0.377 e. The van der Waals surface area contributed by atoms with Gasteiger partial charge in [0.15, 0.2) is 0 Å². The molecule has 2 aromatic rings. The molecule has 0 bridgehead atoms. The minimum Gasteiger partial charge on any atom is -0.377 e. The fourth-order valence-electron chi connectivity index (χ4n) is 1.85. The molecule has 0 spiro atoms. The Kier molecular flexibility index (Phi) is 2.68. The number of benzene rings is 1. The Morgan fingerprint density at radius 1 is 1.29 bits per heavy atom. The lowest BCUT2D eigenvalue weighted by atomic mass is 10.1. The smallest absolute Gasteiger partial charge is 0.125 e. The van der Waals surface area contributed by atoms with Crippen molar-refractivity contribution in [3.63, 3.8) is 0 Å². The first-order valence-electron chi connectivity index (χ1n) is 5.21. The van der Waals surface area contributed by atoms with Crippen LogP contribution in [0, 0.1) is 24.1 Å². The summed E-state index contributed by atoms with van der Waals surface area (Å²) >= 11 is 0. The van der Waals surface area contributed by atoms with Crippen molar-refractivity contribution in [3.8, 4) is 6.07 Å². The highest BCUT2D eigenvalue weighted by Gasteiger charge is 2.11. The van der Waals surface area contributed by atoms with Crippen molar-refractivity contribution in [1.82, 2.24) is 4.98 Å². The van der Waals surface area contributed by atoms with Crippen LogP contribution in [0.2, 0.25) is 0 Å². The zero-order valence-electron chi connectivity index (χ0n) is 9.95. The van der Waals surface area contributed by atoms with Crippen LogP contribution in [0.3, 0.4) is 0 Å². The van der Waals surface area contributed by atoms with E-state index in [0.717, 1.165) is 11.4 Å². The molecular formula is C13H12FN3. The van der Waals surface area contributed by atoms with Gasteiger partial charge in [-0.2, -0.15) is 5.26 Å². The highest BCUT2D eigenvalue weighted by molar-refractivity contribution is 5.95. The van der Waals surface area contributed by atoms with Crippen molar-refractivity contribution in [2.24, 2.45) is 0 Å². The molecule has 0 aliphatic heterocycles. The van der Waals surface area contributed by atoms with E-state index in [-0.39, 0.29) is 5.56 Å². The Morgan fingerprint density at radius 3 is 2.59 bits per heavy atom.